The molecule has 10 heteroatoms. The zero-order valence-corrected chi connectivity index (χ0v) is 15.7. The van der Waals surface area contributed by atoms with Crippen molar-refractivity contribution in [3.63, 3.8) is 0 Å². The number of benzene rings is 1. The standard InChI is InChI=1S/C18H19F2N3O4S/c19-13-6-12(7-14(20)8-13)11-28(25,26)23-5-1-2-16(10-23)27-15-3-4-22-17(9-15)18(21)24/h3-4,6-9,16H,1-2,5,10-11H2,(H2,21,24). The molecule has 1 unspecified atom stereocenters. The third-order valence-electron chi connectivity index (χ3n) is 4.29. The lowest BCUT2D eigenvalue weighted by molar-refractivity contribution is 0.0993. The van der Waals surface area contributed by atoms with Gasteiger partial charge in [-0.1, -0.05) is 0 Å². The van der Waals surface area contributed by atoms with Crippen LogP contribution in [-0.4, -0.2) is 42.8 Å². The SMILES string of the molecule is NC(=O)c1cc(OC2CCCN(S(=O)(=O)Cc3cc(F)cc(F)c3)C2)ccn1. The van der Waals surface area contributed by atoms with E-state index in [9.17, 15) is 22.0 Å². The first-order chi connectivity index (χ1) is 13.2. The Balaban J connectivity index is 1.69. The minimum Gasteiger partial charge on any atom is -0.489 e. The summed E-state index contributed by atoms with van der Waals surface area (Å²) in [5.41, 5.74) is 5.28. The Morgan fingerprint density at radius 1 is 1.25 bits per heavy atom. The number of ether oxygens (including phenoxy) is 1. The van der Waals surface area contributed by atoms with E-state index in [0.29, 0.717) is 31.2 Å². The molecule has 1 aromatic carbocycles. The molecule has 0 aliphatic carbocycles. The number of rotatable bonds is 6. The number of pyridine rings is 1. The van der Waals surface area contributed by atoms with Crippen molar-refractivity contribution in [2.24, 2.45) is 5.73 Å². The highest BCUT2D eigenvalue weighted by Gasteiger charge is 2.30. The van der Waals surface area contributed by atoms with Crippen LogP contribution in [0.15, 0.2) is 36.5 Å². The van der Waals surface area contributed by atoms with Gasteiger partial charge in [0.05, 0.1) is 12.3 Å². The largest absolute Gasteiger partial charge is 0.489 e. The van der Waals surface area contributed by atoms with Crippen molar-refractivity contribution in [3.05, 3.63) is 59.4 Å². The lowest BCUT2D eigenvalue weighted by Gasteiger charge is -2.32. The van der Waals surface area contributed by atoms with Crippen molar-refractivity contribution >= 4 is 15.9 Å². The highest BCUT2D eigenvalue weighted by Crippen LogP contribution is 2.22. The molecule has 0 bridgehead atoms. The zero-order chi connectivity index (χ0) is 20.3. The Morgan fingerprint density at radius 2 is 1.96 bits per heavy atom. The van der Waals surface area contributed by atoms with Crippen LogP contribution >= 0.6 is 0 Å². The van der Waals surface area contributed by atoms with Gasteiger partial charge < -0.3 is 10.5 Å². The van der Waals surface area contributed by atoms with E-state index in [1.54, 1.807) is 6.07 Å². The predicted octanol–water partition coefficient (Wildman–Crippen LogP) is 1.83. The van der Waals surface area contributed by atoms with Crippen LogP contribution in [-0.2, 0) is 15.8 Å². The molecule has 0 radical (unpaired) electrons. The van der Waals surface area contributed by atoms with Gasteiger partial charge in [0, 0.05) is 24.9 Å². The number of sulfonamides is 1. The highest BCUT2D eigenvalue weighted by atomic mass is 32.2. The molecule has 2 aromatic rings. The zero-order valence-electron chi connectivity index (χ0n) is 14.8. The third kappa shape index (κ3) is 5.02. The topological polar surface area (TPSA) is 103 Å². The van der Waals surface area contributed by atoms with Gasteiger partial charge in [-0.05, 0) is 36.6 Å². The van der Waals surface area contributed by atoms with E-state index in [2.05, 4.69) is 4.98 Å². The van der Waals surface area contributed by atoms with Gasteiger partial charge >= 0.3 is 0 Å². The molecule has 1 fully saturated rings. The van der Waals surface area contributed by atoms with Gasteiger partial charge in [0.15, 0.2) is 0 Å². The number of nitrogens with two attached hydrogens (primary N) is 1. The summed E-state index contributed by atoms with van der Waals surface area (Å²) in [5, 5.41) is 0. The maximum Gasteiger partial charge on any atom is 0.267 e. The molecule has 1 aromatic heterocycles. The summed E-state index contributed by atoms with van der Waals surface area (Å²) in [6.45, 7) is 0.386. The third-order valence-corrected chi connectivity index (χ3v) is 6.11. The second kappa shape index (κ2) is 8.19. The van der Waals surface area contributed by atoms with E-state index >= 15 is 0 Å². The molecule has 7 nitrogen and oxygen atoms in total. The molecule has 0 saturated carbocycles. The average Bonchev–Trinajstić information content (AvgIpc) is 2.61. The lowest BCUT2D eigenvalue weighted by atomic mass is 10.1. The molecule has 1 saturated heterocycles. The van der Waals surface area contributed by atoms with Crippen LogP contribution in [0.4, 0.5) is 8.78 Å². The molecule has 1 aliphatic rings. The first kappa shape index (κ1) is 20.2. The Morgan fingerprint density at radius 3 is 2.64 bits per heavy atom. The Kier molecular flexibility index (Phi) is 5.90. The van der Waals surface area contributed by atoms with E-state index in [-0.39, 0.29) is 17.8 Å². The average molecular weight is 411 g/mol. The smallest absolute Gasteiger partial charge is 0.267 e. The fourth-order valence-electron chi connectivity index (χ4n) is 3.06. The molecule has 2 N–H and O–H groups in total. The first-order valence-electron chi connectivity index (χ1n) is 8.58. The fraction of sp³-hybridized carbons (Fsp3) is 0.333. The monoisotopic (exact) mass is 411 g/mol. The van der Waals surface area contributed by atoms with Crippen molar-refractivity contribution in [1.29, 1.82) is 0 Å². The number of primary amides is 1. The predicted molar refractivity (Wildman–Crippen MR) is 97.0 cm³/mol. The second-order valence-corrected chi connectivity index (χ2v) is 8.48. The molecule has 150 valence electrons. The van der Waals surface area contributed by atoms with E-state index in [1.165, 1.54) is 16.6 Å². The van der Waals surface area contributed by atoms with Gasteiger partial charge in [-0.2, -0.15) is 4.31 Å². The molecular weight excluding hydrogens is 392 g/mol. The molecule has 3 rings (SSSR count). The number of carbonyl (C=O) groups is 1. The lowest BCUT2D eigenvalue weighted by Crippen LogP contribution is -2.44. The summed E-state index contributed by atoms with van der Waals surface area (Å²) in [7, 11) is -3.78. The molecule has 0 spiro atoms. The second-order valence-electron chi connectivity index (χ2n) is 6.52. The molecule has 1 atom stereocenters. The van der Waals surface area contributed by atoms with Crippen molar-refractivity contribution in [3.8, 4) is 5.75 Å². The quantitative estimate of drug-likeness (QED) is 0.781. The van der Waals surface area contributed by atoms with Gasteiger partial charge in [0.2, 0.25) is 10.0 Å². The maximum absolute atomic E-state index is 13.3. The van der Waals surface area contributed by atoms with Crippen LogP contribution in [0.25, 0.3) is 0 Å². The minimum absolute atomic E-state index is 0.0424. The highest BCUT2D eigenvalue weighted by molar-refractivity contribution is 7.88. The van der Waals surface area contributed by atoms with Crippen LogP contribution in [0.5, 0.6) is 5.75 Å². The number of aromatic nitrogens is 1. The minimum atomic E-state index is -3.78. The Hall–Kier alpha value is -2.59. The number of amides is 1. The van der Waals surface area contributed by atoms with Gasteiger partial charge in [-0.3, -0.25) is 9.78 Å². The summed E-state index contributed by atoms with van der Waals surface area (Å²) in [6, 6.07) is 5.64. The maximum atomic E-state index is 13.3. The number of nitrogens with zero attached hydrogens (tertiary/aromatic N) is 2. The molecule has 1 aliphatic heterocycles. The number of halogens is 2. The first-order valence-corrected chi connectivity index (χ1v) is 10.2. The van der Waals surface area contributed by atoms with E-state index in [0.717, 1.165) is 12.1 Å². The Labute approximate surface area is 161 Å². The number of carbonyl (C=O) groups excluding carboxylic acids is 1. The molecular formula is C18H19F2N3O4S. The van der Waals surface area contributed by atoms with E-state index in [1.807, 2.05) is 0 Å². The molecule has 2 heterocycles. The van der Waals surface area contributed by atoms with Gasteiger partial charge in [-0.15, -0.1) is 0 Å². The van der Waals surface area contributed by atoms with Crippen LogP contribution in [0.1, 0.15) is 28.9 Å². The van der Waals surface area contributed by atoms with Crippen molar-refractivity contribution in [1.82, 2.24) is 9.29 Å². The van der Waals surface area contributed by atoms with Crippen molar-refractivity contribution < 1.29 is 26.7 Å². The summed E-state index contributed by atoms with van der Waals surface area (Å²) in [6.07, 6.45) is 2.13. The Bertz CT molecular complexity index is 964. The van der Waals surface area contributed by atoms with Crippen molar-refractivity contribution in [2.45, 2.75) is 24.7 Å². The van der Waals surface area contributed by atoms with Crippen LogP contribution < -0.4 is 10.5 Å². The number of piperidine rings is 1. The van der Waals surface area contributed by atoms with Gasteiger partial charge in [0.1, 0.15) is 29.2 Å². The van der Waals surface area contributed by atoms with Gasteiger partial charge in [-0.25, -0.2) is 17.2 Å². The normalized spacial score (nSPS) is 18.0. The van der Waals surface area contributed by atoms with Crippen LogP contribution in [0.3, 0.4) is 0 Å². The number of hydrogen-bond donors (Lipinski definition) is 1. The summed E-state index contributed by atoms with van der Waals surface area (Å²) >= 11 is 0. The van der Waals surface area contributed by atoms with Crippen LogP contribution in [0, 0.1) is 11.6 Å². The molecule has 28 heavy (non-hydrogen) atoms. The fourth-order valence-corrected chi connectivity index (χ4v) is 4.63. The summed E-state index contributed by atoms with van der Waals surface area (Å²) in [5.74, 6) is -2.49. The van der Waals surface area contributed by atoms with E-state index in [4.69, 9.17) is 10.5 Å². The van der Waals surface area contributed by atoms with Gasteiger partial charge in [0.25, 0.3) is 5.91 Å². The summed E-state index contributed by atoms with van der Waals surface area (Å²) in [4.78, 5) is 15.0. The summed E-state index contributed by atoms with van der Waals surface area (Å²) < 4.78 is 59.0. The molecule has 1 amide bonds. The van der Waals surface area contributed by atoms with Crippen LogP contribution in [0.2, 0.25) is 0 Å². The number of hydrogen-bond acceptors (Lipinski definition) is 5. The van der Waals surface area contributed by atoms with E-state index < -0.39 is 39.4 Å². The van der Waals surface area contributed by atoms with Crippen molar-refractivity contribution in [2.75, 3.05) is 13.1 Å².